The van der Waals surface area contributed by atoms with Gasteiger partial charge in [0.05, 0.1) is 36.5 Å². The molecule has 0 spiro atoms. The standard InChI is InChI=1S/C25H33N5O7S/c1-4-7-37-25(36)29-11-17(9-16(29)5-6-28-10-15(27-12-28)8-18(26)32)38-22-13(2)20-19(14(3)31)23(33)30(20)21(22)24(34)35/h4,10,12-14,16-17,19-20,31H,1,5-9,11H2,2-3H3,(H2,26,32)(H,34,35)/t13-,14-,16+,17+,19-,20-/m1/s1. The molecule has 4 heterocycles. The van der Waals surface area contributed by atoms with Crippen LogP contribution in [0.25, 0.3) is 0 Å². The van der Waals surface area contributed by atoms with Gasteiger partial charge in [-0.25, -0.2) is 14.6 Å². The number of ether oxygens (including phenoxy) is 1. The van der Waals surface area contributed by atoms with Crippen molar-refractivity contribution in [3.63, 3.8) is 0 Å². The Kier molecular flexibility index (Phi) is 8.16. The van der Waals surface area contributed by atoms with Gasteiger partial charge in [0, 0.05) is 41.4 Å². The molecule has 2 fully saturated rings. The van der Waals surface area contributed by atoms with Crippen molar-refractivity contribution in [1.29, 1.82) is 0 Å². The summed E-state index contributed by atoms with van der Waals surface area (Å²) in [5.74, 6) is -2.90. The Labute approximate surface area is 224 Å². The van der Waals surface area contributed by atoms with Crippen molar-refractivity contribution in [2.75, 3.05) is 13.2 Å². The van der Waals surface area contributed by atoms with Crippen LogP contribution in [0.3, 0.4) is 0 Å². The molecule has 0 saturated carbocycles. The number of aliphatic hydroxyl groups excluding tert-OH is 1. The molecule has 0 bridgehead atoms. The largest absolute Gasteiger partial charge is 0.477 e. The van der Waals surface area contributed by atoms with Crippen LogP contribution >= 0.6 is 11.8 Å². The molecule has 0 radical (unpaired) electrons. The van der Waals surface area contributed by atoms with Crippen LogP contribution < -0.4 is 5.73 Å². The van der Waals surface area contributed by atoms with E-state index in [0.29, 0.717) is 36.5 Å². The third kappa shape index (κ3) is 5.30. The van der Waals surface area contributed by atoms with E-state index in [-0.39, 0.29) is 41.8 Å². The minimum absolute atomic E-state index is 0.0287. The first-order valence-electron chi connectivity index (χ1n) is 12.5. The van der Waals surface area contributed by atoms with E-state index in [4.69, 9.17) is 10.5 Å². The van der Waals surface area contributed by atoms with Crippen molar-refractivity contribution in [3.8, 4) is 0 Å². The Morgan fingerprint density at radius 1 is 1.39 bits per heavy atom. The molecule has 206 valence electrons. The van der Waals surface area contributed by atoms with Crippen LogP contribution in [-0.4, -0.2) is 90.0 Å². The second-order valence-corrected chi connectivity index (χ2v) is 11.3. The summed E-state index contributed by atoms with van der Waals surface area (Å²) in [6.45, 7) is 7.97. The number of carboxylic acid groups (broad SMARTS) is 1. The predicted octanol–water partition coefficient (Wildman–Crippen LogP) is 0.953. The van der Waals surface area contributed by atoms with Gasteiger partial charge in [0.2, 0.25) is 11.8 Å². The molecule has 2 saturated heterocycles. The molecule has 0 aromatic carbocycles. The van der Waals surface area contributed by atoms with Crippen molar-refractivity contribution in [1.82, 2.24) is 19.4 Å². The normalized spacial score (nSPS) is 27.2. The zero-order chi connectivity index (χ0) is 27.7. The van der Waals surface area contributed by atoms with Gasteiger partial charge in [-0.2, -0.15) is 0 Å². The topological polar surface area (TPSA) is 168 Å². The second kappa shape index (κ2) is 11.2. The van der Waals surface area contributed by atoms with Crippen LogP contribution in [0.2, 0.25) is 0 Å². The first-order chi connectivity index (χ1) is 18.0. The highest BCUT2D eigenvalue weighted by Gasteiger charge is 2.60. The summed E-state index contributed by atoms with van der Waals surface area (Å²) in [6.07, 6.45) is 4.74. The summed E-state index contributed by atoms with van der Waals surface area (Å²) < 4.78 is 7.14. The molecule has 12 nitrogen and oxygen atoms in total. The molecule has 3 amide bonds. The number of thioether (sulfide) groups is 1. The minimum Gasteiger partial charge on any atom is -0.477 e. The van der Waals surface area contributed by atoms with Gasteiger partial charge in [-0.1, -0.05) is 19.6 Å². The van der Waals surface area contributed by atoms with Crippen molar-refractivity contribution < 1.29 is 34.1 Å². The minimum atomic E-state index is -1.18. The van der Waals surface area contributed by atoms with Crippen LogP contribution in [-0.2, 0) is 32.1 Å². The number of carbonyl (C=O) groups is 4. The van der Waals surface area contributed by atoms with E-state index in [0.717, 1.165) is 0 Å². The van der Waals surface area contributed by atoms with E-state index in [1.54, 1.807) is 24.3 Å². The van der Waals surface area contributed by atoms with Crippen LogP contribution in [0.15, 0.2) is 35.8 Å². The highest BCUT2D eigenvalue weighted by molar-refractivity contribution is 8.03. The van der Waals surface area contributed by atoms with Crippen molar-refractivity contribution in [2.24, 2.45) is 17.6 Å². The highest BCUT2D eigenvalue weighted by Crippen LogP contribution is 2.52. The predicted molar refractivity (Wildman–Crippen MR) is 137 cm³/mol. The van der Waals surface area contributed by atoms with Gasteiger partial charge in [0.25, 0.3) is 0 Å². The Morgan fingerprint density at radius 3 is 2.76 bits per heavy atom. The number of nitrogens with zero attached hydrogens (tertiary/aromatic N) is 4. The highest BCUT2D eigenvalue weighted by atomic mass is 32.2. The summed E-state index contributed by atoms with van der Waals surface area (Å²) in [7, 11) is 0. The first-order valence-corrected chi connectivity index (χ1v) is 13.4. The number of primary amides is 1. The summed E-state index contributed by atoms with van der Waals surface area (Å²) >= 11 is 1.39. The van der Waals surface area contributed by atoms with E-state index in [2.05, 4.69) is 11.6 Å². The number of likely N-dealkylation sites (tertiary alicyclic amines) is 1. The lowest BCUT2D eigenvalue weighted by molar-refractivity contribution is -0.163. The van der Waals surface area contributed by atoms with Crippen molar-refractivity contribution in [2.45, 2.75) is 63.1 Å². The molecule has 1 aromatic heterocycles. The summed E-state index contributed by atoms with van der Waals surface area (Å²) in [5, 5.41) is 19.9. The number of fused-ring (bicyclic) bond motifs is 1. The fourth-order valence-electron chi connectivity index (χ4n) is 5.62. The number of amides is 3. The molecule has 38 heavy (non-hydrogen) atoms. The third-order valence-electron chi connectivity index (χ3n) is 7.30. The summed E-state index contributed by atoms with van der Waals surface area (Å²) in [6, 6.07) is -0.570. The van der Waals surface area contributed by atoms with Gasteiger partial charge in [-0.3, -0.25) is 9.59 Å². The average molecular weight is 548 g/mol. The number of aliphatic carboxylic acids is 1. The molecular formula is C25H33N5O7S. The van der Waals surface area contributed by atoms with E-state index < -0.39 is 36.0 Å². The molecular weight excluding hydrogens is 514 g/mol. The maximum atomic E-state index is 12.8. The number of rotatable bonds is 11. The monoisotopic (exact) mass is 547 g/mol. The smallest absolute Gasteiger partial charge is 0.410 e. The lowest BCUT2D eigenvalue weighted by atomic mass is 9.79. The van der Waals surface area contributed by atoms with Gasteiger partial charge in [0.15, 0.2) is 0 Å². The number of aliphatic hydroxyl groups is 1. The number of β-lactam (4-membered cyclic amide) rings is 1. The number of carbonyl (C=O) groups excluding carboxylic acids is 3. The maximum absolute atomic E-state index is 12.8. The van der Waals surface area contributed by atoms with Crippen molar-refractivity contribution >= 4 is 35.6 Å². The van der Waals surface area contributed by atoms with Gasteiger partial charge < -0.3 is 35.1 Å². The van der Waals surface area contributed by atoms with E-state index in [9.17, 15) is 29.4 Å². The van der Waals surface area contributed by atoms with Crippen LogP contribution in [0.5, 0.6) is 0 Å². The van der Waals surface area contributed by atoms with Gasteiger partial charge in [-0.15, -0.1) is 11.8 Å². The number of imidazole rings is 1. The zero-order valence-corrected chi connectivity index (χ0v) is 22.2. The quantitative estimate of drug-likeness (QED) is 0.270. The van der Waals surface area contributed by atoms with Gasteiger partial charge in [0.1, 0.15) is 12.3 Å². The van der Waals surface area contributed by atoms with Gasteiger partial charge >= 0.3 is 12.1 Å². The lowest BCUT2D eigenvalue weighted by Crippen LogP contribution is -2.63. The average Bonchev–Trinajstić information content (AvgIpc) is 3.51. The number of hydrogen-bond donors (Lipinski definition) is 3. The number of hydrogen-bond acceptors (Lipinski definition) is 8. The Hall–Kier alpha value is -3.32. The fraction of sp³-hybridized carbons (Fsp3) is 0.560. The molecule has 4 N–H and O–H groups in total. The summed E-state index contributed by atoms with van der Waals surface area (Å²) in [4.78, 5) is 56.6. The first kappa shape index (κ1) is 27.7. The molecule has 13 heteroatoms. The second-order valence-electron chi connectivity index (χ2n) is 9.95. The van der Waals surface area contributed by atoms with Crippen LogP contribution in [0.4, 0.5) is 4.79 Å². The van der Waals surface area contributed by atoms with Crippen LogP contribution in [0.1, 0.15) is 32.4 Å². The van der Waals surface area contributed by atoms with Crippen molar-refractivity contribution in [3.05, 3.63) is 41.5 Å². The molecule has 0 unspecified atom stereocenters. The molecule has 3 aliphatic rings. The maximum Gasteiger partial charge on any atom is 0.410 e. The lowest BCUT2D eigenvalue weighted by Gasteiger charge is -2.46. The molecule has 1 aromatic rings. The summed E-state index contributed by atoms with van der Waals surface area (Å²) in [5.41, 5.74) is 5.78. The Balaban J connectivity index is 1.49. The molecule has 6 atom stereocenters. The molecule has 4 rings (SSSR count). The number of nitrogens with two attached hydrogens (primary N) is 1. The number of carboxylic acids is 1. The number of aromatic nitrogens is 2. The Morgan fingerprint density at radius 2 is 2.13 bits per heavy atom. The van der Waals surface area contributed by atoms with E-state index in [1.807, 2.05) is 11.5 Å². The SMILES string of the molecule is C=CCOC(=O)N1C[C@@H](SC2=C(C(=O)O)N3C(=O)[C@H]([C@@H](C)O)[C@H]3[C@H]2C)C[C@@H]1CCn1cnc(CC(N)=O)c1. The molecule has 3 aliphatic heterocycles. The fourth-order valence-corrected chi connectivity index (χ4v) is 7.19. The van der Waals surface area contributed by atoms with Gasteiger partial charge in [-0.05, 0) is 19.8 Å². The Bertz CT molecular complexity index is 1160. The third-order valence-corrected chi connectivity index (χ3v) is 8.80. The zero-order valence-electron chi connectivity index (χ0n) is 21.4. The van der Waals surface area contributed by atoms with E-state index >= 15 is 0 Å². The van der Waals surface area contributed by atoms with Crippen LogP contribution in [0, 0.1) is 11.8 Å². The molecule has 0 aliphatic carbocycles. The number of aryl methyl sites for hydroxylation is 1. The van der Waals surface area contributed by atoms with E-state index in [1.165, 1.54) is 22.7 Å².